The third-order valence-corrected chi connectivity index (χ3v) is 5.85. The molecule has 162 valence electrons. The summed E-state index contributed by atoms with van der Waals surface area (Å²) in [7, 11) is 1.68. The number of ether oxygens (including phenoxy) is 1. The van der Waals surface area contributed by atoms with Crippen molar-refractivity contribution in [1.29, 1.82) is 0 Å². The highest BCUT2D eigenvalue weighted by molar-refractivity contribution is 5.30. The van der Waals surface area contributed by atoms with Gasteiger partial charge in [-0.2, -0.15) is 0 Å². The Hall–Kier alpha value is -3.03. The third kappa shape index (κ3) is 5.00. The lowest BCUT2D eigenvalue weighted by Crippen LogP contribution is -2.48. The van der Waals surface area contributed by atoms with E-state index in [1.807, 2.05) is 22.9 Å². The van der Waals surface area contributed by atoms with E-state index in [0.717, 1.165) is 49.9 Å². The van der Waals surface area contributed by atoms with Crippen molar-refractivity contribution in [2.45, 2.75) is 19.5 Å². The number of benzene rings is 2. The number of nitrogens with zero attached hydrogens (tertiary/aromatic N) is 6. The fourth-order valence-corrected chi connectivity index (χ4v) is 4.08. The summed E-state index contributed by atoms with van der Waals surface area (Å²) in [6.45, 7) is 11.5. The molecule has 7 nitrogen and oxygen atoms in total. The number of rotatable bonds is 8. The van der Waals surface area contributed by atoms with E-state index in [-0.39, 0.29) is 6.04 Å². The maximum Gasteiger partial charge on any atom is 0.173 e. The summed E-state index contributed by atoms with van der Waals surface area (Å²) in [5, 5.41) is 12.9. The molecule has 1 aromatic heterocycles. The Kier molecular flexibility index (Phi) is 6.74. The van der Waals surface area contributed by atoms with E-state index in [2.05, 4.69) is 75.2 Å². The Labute approximate surface area is 183 Å². The van der Waals surface area contributed by atoms with Gasteiger partial charge in [-0.05, 0) is 40.6 Å². The van der Waals surface area contributed by atoms with Crippen LogP contribution in [0.3, 0.4) is 0 Å². The van der Waals surface area contributed by atoms with Gasteiger partial charge in [0, 0.05) is 32.7 Å². The molecule has 2 aromatic carbocycles. The second-order valence-electron chi connectivity index (χ2n) is 7.98. The van der Waals surface area contributed by atoms with E-state index in [1.165, 1.54) is 11.1 Å². The van der Waals surface area contributed by atoms with Crippen LogP contribution in [-0.4, -0.2) is 69.8 Å². The normalized spacial score (nSPS) is 16.2. The van der Waals surface area contributed by atoms with Crippen LogP contribution < -0.4 is 4.74 Å². The molecule has 0 spiro atoms. The van der Waals surface area contributed by atoms with E-state index in [0.29, 0.717) is 6.54 Å². The van der Waals surface area contributed by atoms with Crippen LogP contribution in [0.25, 0.3) is 0 Å². The smallest absolute Gasteiger partial charge is 0.173 e. The number of tetrazole rings is 1. The van der Waals surface area contributed by atoms with Gasteiger partial charge in [0.1, 0.15) is 5.75 Å². The molecule has 31 heavy (non-hydrogen) atoms. The minimum atomic E-state index is 0.0136. The number of aryl methyl sites for hydroxylation is 1. The first kappa shape index (κ1) is 21.2. The highest BCUT2D eigenvalue weighted by atomic mass is 16.5. The number of methoxy groups -OCH3 is 1. The van der Waals surface area contributed by atoms with Crippen molar-refractivity contribution in [3.8, 4) is 5.75 Å². The summed E-state index contributed by atoms with van der Waals surface area (Å²) in [6, 6.07) is 16.8. The molecule has 4 rings (SSSR count). The zero-order valence-corrected chi connectivity index (χ0v) is 18.3. The molecule has 3 aromatic rings. The minimum Gasteiger partial charge on any atom is -0.497 e. The van der Waals surface area contributed by atoms with Crippen LogP contribution in [0.1, 0.15) is 28.6 Å². The molecule has 0 bridgehead atoms. The van der Waals surface area contributed by atoms with Crippen LogP contribution in [0.2, 0.25) is 0 Å². The second-order valence-corrected chi connectivity index (χ2v) is 7.98. The van der Waals surface area contributed by atoms with Crippen LogP contribution in [0.4, 0.5) is 0 Å². The molecule has 0 N–H and O–H groups in total. The quantitative estimate of drug-likeness (QED) is 0.524. The predicted octanol–water partition coefficient (Wildman–Crippen LogP) is 2.93. The zero-order chi connectivity index (χ0) is 21.6. The molecule has 1 aliphatic rings. The van der Waals surface area contributed by atoms with E-state index in [1.54, 1.807) is 7.11 Å². The fraction of sp³-hybridized carbons (Fsp3) is 0.375. The van der Waals surface area contributed by atoms with E-state index in [4.69, 9.17) is 4.74 Å². The maximum atomic E-state index is 5.28. The van der Waals surface area contributed by atoms with Gasteiger partial charge >= 0.3 is 0 Å². The van der Waals surface area contributed by atoms with Gasteiger partial charge < -0.3 is 4.74 Å². The van der Waals surface area contributed by atoms with Gasteiger partial charge in [0.15, 0.2) is 5.82 Å². The monoisotopic (exact) mass is 418 g/mol. The van der Waals surface area contributed by atoms with Crippen molar-refractivity contribution >= 4 is 0 Å². The van der Waals surface area contributed by atoms with Crippen molar-refractivity contribution in [1.82, 2.24) is 30.0 Å². The summed E-state index contributed by atoms with van der Waals surface area (Å²) < 4.78 is 7.19. The number of piperazine rings is 1. The van der Waals surface area contributed by atoms with E-state index >= 15 is 0 Å². The Morgan fingerprint density at radius 3 is 2.39 bits per heavy atom. The molecule has 0 amide bonds. The highest BCUT2D eigenvalue weighted by Crippen LogP contribution is 2.29. The predicted molar refractivity (Wildman–Crippen MR) is 121 cm³/mol. The Morgan fingerprint density at radius 1 is 1.03 bits per heavy atom. The lowest BCUT2D eigenvalue weighted by Gasteiger charge is -2.38. The Morgan fingerprint density at radius 2 is 1.74 bits per heavy atom. The standard InChI is InChI=1S/C24H30N6O/c1-4-13-28-14-16-29(17-15-28)23(21-9-5-19(2)6-10-21)24-25-26-27-30(24)18-20-7-11-22(31-3)12-8-20/h4-12,23H,1,13-18H2,2-3H3/t23-/m1/s1. The SMILES string of the molecule is C=CCN1CCN([C@H](c2ccc(C)cc2)c2nnnn2Cc2ccc(OC)cc2)CC1. The molecule has 2 heterocycles. The van der Waals surface area contributed by atoms with Gasteiger partial charge in [0.25, 0.3) is 0 Å². The first-order valence-corrected chi connectivity index (χ1v) is 10.7. The molecular formula is C24H30N6O. The Balaban J connectivity index is 1.62. The number of hydrogen-bond donors (Lipinski definition) is 0. The molecule has 0 unspecified atom stereocenters. The third-order valence-electron chi connectivity index (χ3n) is 5.85. The van der Waals surface area contributed by atoms with Crippen molar-refractivity contribution in [2.24, 2.45) is 0 Å². The number of hydrogen-bond acceptors (Lipinski definition) is 6. The summed E-state index contributed by atoms with van der Waals surface area (Å²) in [5.74, 6) is 1.72. The van der Waals surface area contributed by atoms with E-state index in [9.17, 15) is 0 Å². The average Bonchev–Trinajstić information content (AvgIpc) is 3.25. The van der Waals surface area contributed by atoms with Gasteiger partial charge in [0.05, 0.1) is 19.7 Å². The minimum absolute atomic E-state index is 0.0136. The molecule has 0 aliphatic carbocycles. The topological polar surface area (TPSA) is 59.3 Å². The van der Waals surface area contributed by atoms with Gasteiger partial charge in [-0.25, -0.2) is 4.68 Å². The summed E-state index contributed by atoms with van der Waals surface area (Å²) in [4.78, 5) is 4.91. The van der Waals surface area contributed by atoms with Crippen LogP contribution in [-0.2, 0) is 6.54 Å². The van der Waals surface area contributed by atoms with Crippen molar-refractivity contribution < 1.29 is 4.74 Å². The van der Waals surface area contributed by atoms with Crippen molar-refractivity contribution in [3.05, 3.63) is 83.7 Å². The molecule has 1 fully saturated rings. The summed E-state index contributed by atoms with van der Waals surface area (Å²) >= 11 is 0. The Bertz CT molecular complexity index is 974. The average molecular weight is 419 g/mol. The molecule has 1 aliphatic heterocycles. The summed E-state index contributed by atoms with van der Waals surface area (Å²) in [6.07, 6.45) is 1.97. The molecule has 7 heteroatoms. The number of aromatic nitrogens is 4. The summed E-state index contributed by atoms with van der Waals surface area (Å²) in [5.41, 5.74) is 3.59. The fourth-order valence-electron chi connectivity index (χ4n) is 4.08. The van der Waals surface area contributed by atoms with Gasteiger partial charge in [-0.1, -0.05) is 48.0 Å². The van der Waals surface area contributed by atoms with Crippen LogP contribution in [0, 0.1) is 6.92 Å². The maximum absolute atomic E-state index is 5.28. The van der Waals surface area contributed by atoms with Crippen LogP contribution >= 0.6 is 0 Å². The zero-order valence-electron chi connectivity index (χ0n) is 18.3. The van der Waals surface area contributed by atoms with Crippen LogP contribution in [0.5, 0.6) is 5.75 Å². The van der Waals surface area contributed by atoms with Gasteiger partial charge in [-0.3, -0.25) is 9.80 Å². The molecule has 1 saturated heterocycles. The second kappa shape index (κ2) is 9.85. The van der Waals surface area contributed by atoms with Crippen molar-refractivity contribution in [3.63, 3.8) is 0 Å². The molecule has 1 atom stereocenters. The van der Waals surface area contributed by atoms with Gasteiger partial charge in [-0.15, -0.1) is 11.7 Å². The first-order chi connectivity index (χ1) is 15.2. The van der Waals surface area contributed by atoms with E-state index < -0.39 is 0 Å². The van der Waals surface area contributed by atoms with Crippen molar-refractivity contribution in [2.75, 3.05) is 39.8 Å². The van der Waals surface area contributed by atoms with Crippen LogP contribution in [0.15, 0.2) is 61.2 Å². The largest absolute Gasteiger partial charge is 0.497 e. The molecular weight excluding hydrogens is 388 g/mol. The lowest BCUT2D eigenvalue weighted by molar-refractivity contribution is 0.112. The van der Waals surface area contributed by atoms with Gasteiger partial charge in [0.2, 0.25) is 0 Å². The first-order valence-electron chi connectivity index (χ1n) is 10.7. The highest BCUT2D eigenvalue weighted by Gasteiger charge is 2.30. The molecule has 0 radical (unpaired) electrons. The molecule has 0 saturated carbocycles. The lowest BCUT2D eigenvalue weighted by atomic mass is 10.0.